The normalized spacial score (nSPS) is 20.8. The zero-order chi connectivity index (χ0) is 17.3. The Bertz CT molecular complexity index is 700. The molecule has 7 nitrogen and oxygen atoms in total. The number of carbonyl (C=O) groups excluding carboxylic acids is 1. The number of nitrogens with zero attached hydrogens (tertiary/aromatic N) is 3. The molecule has 2 aromatic heterocycles. The molecule has 7 heteroatoms. The molecule has 0 bridgehead atoms. The average Bonchev–Trinajstić information content (AvgIpc) is 3.30. The van der Waals surface area contributed by atoms with E-state index in [1.54, 1.807) is 18.9 Å². The van der Waals surface area contributed by atoms with Crippen molar-refractivity contribution in [2.45, 2.75) is 52.2 Å². The Kier molecular flexibility index (Phi) is 4.71. The van der Waals surface area contributed by atoms with Crippen molar-refractivity contribution < 1.29 is 18.5 Å². The monoisotopic (exact) mass is 333 g/mol. The van der Waals surface area contributed by atoms with Crippen LogP contribution in [0.1, 0.15) is 59.9 Å². The zero-order valence-electron chi connectivity index (χ0n) is 14.5. The van der Waals surface area contributed by atoms with Gasteiger partial charge in [0.15, 0.2) is 11.6 Å². The van der Waals surface area contributed by atoms with Crippen LogP contribution in [0.25, 0.3) is 0 Å². The van der Waals surface area contributed by atoms with E-state index in [-0.39, 0.29) is 18.1 Å². The summed E-state index contributed by atoms with van der Waals surface area (Å²) < 4.78 is 16.5. The van der Waals surface area contributed by atoms with Crippen molar-refractivity contribution in [2.75, 3.05) is 13.7 Å². The van der Waals surface area contributed by atoms with Crippen molar-refractivity contribution >= 4 is 5.91 Å². The van der Waals surface area contributed by atoms with E-state index in [0.29, 0.717) is 30.4 Å². The fraction of sp³-hybridized carbons (Fsp3) is 0.588. The number of aryl methyl sites for hydroxylation is 3. The molecule has 1 aliphatic heterocycles. The molecule has 0 unspecified atom stereocenters. The summed E-state index contributed by atoms with van der Waals surface area (Å²) in [5.74, 6) is 2.07. The minimum atomic E-state index is -0.288. The van der Waals surface area contributed by atoms with E-state index in [2.05, 4.69) is 17.1 Å². The van der Waals surface area contributed by atoms with Crippen LogP contribution < -0.4 is 0 Å². The van der Waals surface area contributed by atoms with E-state index in [4.69, 9.17) is 13.7 Å². The first-order valence-electron chi connectivity index (χ1n) is 8.32. The predicted octanol–water partition coefficient (Wildman–Crippen LogP) is 2.70. The highest BCUT2D eigenvalue weighted by Gasteiger charge is 2.41. The summed E-state index contributed by atoms with van der Waals surface area (Å²) in [5.41, 5.74) is 1.08. The van der Waals surface area contributed by atoms with Crippen molar-refractivity contribution in [1.29, 1.82) is 0 Å². The fourth-order valence-electron chi connectivity index (χ4n) is 3.19. The van der Waals surface area contributed by atoms with E-state index in [1.807, 2.05) is 13.0 Å². The van der Waals surface area contributed by atoms with Gasteiger partial charge in [-0.1, -0.05) is 19.0 Å². The molecule has 1 saturated heterocycles. The topological polar surface area (TPSA) is 81.6 Å². The Morgan fingerprint density at radius 2 is 2.21 bits per heavy atom. The van der Waals surface area contributed by atoms with Gasteiger partial charge in [-0.05, 0) is 25.0 Å². The van der Waals surface area contributed by atoms with Gasteiger partial charge in [-0.2, -0.15) is 4.98 Å². The largest absolute Gasteiger partial charge is 0.456 e. The van der Waals surface area contributed by atoms with Gasteiger partial charge in [0.05, 0.1) is 6.10 Å². The van der Waals surface area contributed by atoms with Crippen LogP contribution in [-0.4, -0.2) is 40.7 Å². The van der Waals surface area contributed by atoms with Gasteiger partial charge in [-0.15, -0.1) is 0 Å². The predicted molar refractivity (Wildman–Crippen MR) is 85.7 cm³/mol. The van der Waals surface area contributed by atoms with Gasteiger partial charge in [0, 0.05) is 26.5 Å². The Morgan fingerprint density at radius 3 is 2.75 bits per heavy atom. The first kappa shape index (κ1) is 16.7. The molecule has 24 heavy (non-hydrogen) atoms. The molecule has 0 aliphatic carbocycles. The number of hydrogen-bond acceptors (Lipinski definition) is 6. The van der Waals surface area contributed by atoms with Gasteiger partial charge < -0.3 is 18.6 Å². The molecule has 1 fully saturated rings. The standard InChI is InChI=1S/C17H23N3O4/c1-5-11-7-15(23-14(11)6-2)17(21)20-9-12(22-4)8-13(20)16-18-10(3)19-24-16/h7,12-13H,5-6,8-9H2,1-4H3/t12-,13+/m0/s1. The van der Waals surface area contributed by atoms with Crippen LogP contribution in [0.2, 0.25) is 0 Å². The van der Waals surface area contributed by atoms with Gasteiger partial charge in [-0.25, -0.2) is 0 Å². The summed E-state index contributed by atoms with van der Waals surface area (Å²) in [6, 6.07) is 1.56. The second-order valence-electron chi connectivity index (χ2n) is 6.01. The van der Waals surface area contributed by atoms with Crippen molar-refractivity contribution in [3.63, 3.8) is 0 Å². The van der Waals surface area contributed by atoms with Gasteiger partial charge in [-0.3, -0.25) is 4.79 Å². The molecule has 0 radical (unpaired) electrons. The van der Waals surface area contributed by atoms with Crippen LogP contribution in [0.15, 0.2) is 15.0 Å². The van der Waals surface area contributed by atoms with Gasteiger partial charge in [0.1, 0.15) is 11.8 Å². The summed E-state index contributed by atoms with van der Waals surface area (Å²) in [6.07, 6.45) is 2.18. The molecule has 1 aliphatic rings. The number of furan rings is 1. The zero-order valence-corrected chi connectivity index (χ0v) is 14.5. The van der Waals surface area contributed by atoms with E-state index in [9.17, 15) is 4.79 Å². The minimum absolute atomic E-state index is 0.0580. The van der Waals surface area contributed by atoms with Crippen LogP contribution in [0.5, 0.6) is 0 Å². The minimum Gasteiger partial charge on any atom is -0.456 e. The lowest BCUT2D eigenvalue weighted by atomic mass is 10.1. The number of ether oxygens (including phenoxy) is 1. The Hall–Kier alpha value is -2.15. The molecule has 130 valence electrons. The number of hydrogen-bond donors (Lipinski definition) is 0. The molecular formula is C17H23N3O4. The third-order valence-electron chi connectivity index (χ3n) is 4.49. The van der Waals surface area contributed by atoms with E-state index < -0.39 is 0 Å². The summed E-state index contributed by atoms with van der Waals surface area (Å²) in [7, 11) is 1.64. The number of likely N-dealkylation sites (tertiary alicyclic amines) is 1. The maximum absolute atomic E-state index is 13.0. The summed E-state index contributed by atoms with van der Waals surface area (Å²) in [4.78, 5) is 19.0. The molecule has 0 N–H and O–H groups in total. The molecule has 1 amide bonds. The molecule has 0 spiro atoms. The lowest BCUT2D eigenvalue weighted by molar-refractivity contribution is 0.0638. The smallest absolute Gasteiger partial charge is 0.290 e. The van der Waals surface area contributed by atoms with Crippen LogP contribution in [-0.2, 0) is 17.6 Å². The van der Waals surface area contributed by atoms with Crippen LogP contribution in [0, 0.1) is 6.92 Å². The van der Waals surface area contributed by atoms with Gasteiger partial charge in [0.2, 0.25) is 5.89 Å². The quantitative estimate of drug-likeness (QED) is 0.837. The highest BCUT2D eigenvalue weighted by atomic mass is 16.5. The lowest BCUT2D eigenvalue weighted by Gasteiger charge is -2.20. The summed E-state index contributed by atoms with van der Waals surface area (Å²) in [6.45, 7) is 6.31. The maximum atomic E-state index is 13.0. The first-order valence-corrected chi connectivity index (χ1v) is 8.32. The van der Waals surface area contributed by atoms with Crippen molar-refractivity contribution in [2.24, 2.45) is 0 Å². The van der Waals surface area contributed by atoms with Crippen molar-refractivity contribution in [3.05, 3.63) is 34.9 Å². The highest BCUT2D eigenvalue weighted by Crippen LogP contribution is 2.34. The number of rotatable bonds is 5. The Morgan fingerprint density at radius 1 is 1.42 bits per heavy atom. The average molecular weight is 333 g/mol. The Balaban J connectivity index is 1.89. The van der Waals surface area contributed by atoms with Crippen molar-refractivity contribution in [3.8, 4) is 0 Å². The highest BCUT2D eigenvalue weighted by molar-refractivity contribution is 5.92. The second-order valence-corrected chi connectivity index (χ2v) is 6.01. The molecule has 2 atom stereocenters. The number of amides is 1. The van der Waals surface area contributed by atoms with Crippen LogP contribution in [0.3, 0.4) is 0 Å². The van der Waals surface area contributed by atoms with Gasteiger partial charge >= 0.3 is 0 Å². The van der Waals surface area contributed by atoms with Gasteiger partial charge in [0.25, 0.3) is 5.91 Å². The van der Waals surface area contributed by atoms with Crippen LogP contribution >= 0.6 is 0 Å². The molecule has 3 heterocycles. The molecule has 0 saturated carbocycles. The SMILES string of the molecule is CCc1cc(C(=O)N2C[C@@H](OC)C[C@@H]2c2nc(C)no2)oc1CC. The van der Waals surface area contributed by atoms with E-state index >= 15 is 0 Å². The number of methoxy groups -OCH3 is 1. The molecule has 0 aromatic carbocycles. The first-order chi connectivity index (χ1) is 11.6. The summed E-state index contributed by atoms with van der Waals surface area (Å²) in [5, 5.41) is 3.84. The van der Waals surface area contributed by atoms with E-state index in [1.165, 1.54) is 0 Å². The Labute approximate surface area is 141 Å². The second kappa shape index (κ2) is 6.76. The number of aromatic nitrogens is 2. The van der Waals surface area contributed by atoms with E-state index in [0.717, 1.165) is 24.2 Å². The van der Waals surface area contributed by atoms with Crippen LogP contribution in [0.4, 0.5) is 0 Å². The van der Waals surface area contributed by atoms with Crippen molar-refractivity contribution in [1.82, 2.24) is 15.0 Å². The summed E-state index contributed by atoms with van der Waals surface area (Å²) >= 11 is 0. The third-order valence-corrected chi connectivity index (χ3v) is 4.49. The lowest BCUT2D eigenvalue weighted by Crippen LogP contribution is -2.32. The fourth-order valence-corrected chi connectivity index (χ4v) is 3.19. The maximum Gasteiger partial charge on any atom is 0.290 e. The number of carbonyl (C=O) groups is 1. The third kappa shape index (κ3) is 2.96. The molecule has 2 aromatic rings. The molecule has 3 rings (SSSR count). The molecular weight excluding hydrogens is 310 g/mol.